The van der Waals surface area contributed by atoms with Crippen LogP contribution in [-0.2, 0) is 0 Å². The highest BCUT2D eigenvalue weighted by molar-refractivity contribution is 4.71. The van der Waals surface area contributed by atoms with Crippen LogP contribution in [-0.4, -0.2) is 0 Å². The van der Waals surface area contributed by atoms with E-state index in [1.165, 1.54) is 38.5 Å². The van der Waals surface area contributed by atoms with Gasteiger partial charge in [-0.1, -0.05) is 52.5 Å². The van der Waals surface area contributed by atoms with Crippen molar-refractivity contribution in [2.45, 2.75) is 59.3 Å². The fourth-order valence-electron chi connectivity index (χ4n) is 1.80. The molecule has 0 rings (SSSR count). The highest BCUT2D eigenvalue weighted by Gasteiger charge is 2.11. The van der Waals surface area contributed by atoms with Gasteiger partial charge in [-0.15, -0.1) is 6.58 Å². The van der Waals surface area contributed by atoms with Gasteiger partial charge in [-0.25, -0.2) is 0 Å². The lowest BCUT2D eigenvalue weighted by atomic mass is 9.86. The van der Waals surface area contributed by atoms with Gasteiger partial charge in [-0.2, -0.15) is 0 Å². The Hall–Kier alpha value is -0.260. The van der Waals surface area contributed by atoms with Crippen LogP contribution in [0, 0.1) is 11.8 Å². The molecule has 0 aromatic heterocycles. The van der Waals surface area contributed by atoms with Crippen LogP contribution in [0.3, 0.4) is 0 Å². The second-order valence-electron chi connectivity index (χ2n) is 4.37. The minimum Gasteiger partial charge on any atom is -0.103 e. The van der Waals surface area contributed by atoms with Crippen molar-refractivity contribution in [1.82, 2.24) is 0 Å². The van der Waals surface area contributed by atoms with Gasteiger partial charge in [-0.3, -0.25) is 0 Å². The van der Waals surface area contributed by atoms with Crippen molar-refractivity contribution >= 4 is 0 Å². The molecule has 0 aliphatic carbocycles. The molecule has 1 atom stereocenters. The fraction of sp³-hybridized carbons (Fsp3) is 0.846. The van der Waals surface area contributed by atoms with Crippen molar-refractivity contribution < 1.29 is 0 Å². The molecule has 0 heterocycles. The average molecular weight is 182 g/mol. The van der Waals surface area contributed by atoms with Gasteiger partial charge in [0.1, 0.15) is 0 Å². The first kappa shape index (κ1) is 12.7. The first-order chi connectivity index (χ1) is 6.22. The molecule has 0 N–H and O–H groups in total. The molecule has 0 bridgehead atoms. The summed E-state index contributed by atoms with van der Waals surface area (Å²) in [5, 5.41) is 0. The van der Waals surface area contributed by atoms with E-state index in [2.05, 4.69) is 33.4 Å². The summed E-state index contributed by atoms with van der Waals surface area (Å²) in [5.74, 6) is 1.77. The maximum absolute atomic E-state index is 3.79. The smallest absolute Gasteiger partial charge is 0.0351 e. The zero-order chi connectivity index (χ0) is 10.1. The third-order valence-corrected chi connectivity index (χ3v) is 2.86. The molecule has 0 amide bonds. The molecular formula is C13H26. The first-order valence-electron chi connectivity index (χ1n) is 5.83. The Bertz CT molecular complexity index is 113. The van der Waals surface area contributed by atoms with Gasteiger partial charge in [0.25, 0.3) is 0 Å². The Morgan fingerprint density at radius 1 is 1.15 bits per heavy atom. The Labute approximate surface area is 84.4 Å². The van der Waals surface area contributed by atoms with Crippen LogP contribution in [0.15, 0.2) is 12.7 Å². The molecule has 0 heteroatoms. The minimum atomic E-state index is 0.844. The molecule has 0 spiro atoms. The van der Waals surface area contributed by atoms with Crippen LogP contribution in [0.1, 0.15) is 59.3 Å². The third kappa shape index (κ3) is 6.86. The van der Waals surface area contributed by atoms with E-state index in [-0.39, 0.29) is 0 Å². The van der Waals surface area contributed by atoms with Crippen LogP contribution < -0.4 is 0 Å². The van der Waals surface area contributed by atoms with Gasteiger partial charge in [0, 0.05) is 0 Å². The molecule has 0 aromatic rings. The van der Waals surface area contributed by atoms with E-state index >= 15 is 0 Å². The monoisotopic (exact) mass is 182 g/mol. The topological polar surface area (TPSA) is 0 Å². The minimum absolute atomic E-state index is 0.844. The molecule has 0 aliphatic heterocycles. The lowest BCUT2D eigenvalue weighted by molar-refractivity contribution is 0.328. The average Bonchev–Trinajstić information content (AvgIpc) is 2.10. The van der Waals surface area contributed by atoms with Gasteiger partial charge in [0.05, 0.1) is 0 Å². The second kappa shape index (κ2) is 8.34. The Morgan fingerprint density at radius 2 is 1.85 bits per heavy atom. The molecular weight excluding hydrogens is 156 g/mol. The van der Waals surface area contributed by atoms with Crippen LogP contribution in [0.25, 0.3) is 0 Å². The van der Waals surface area contributed by atoms with Crippen LogP contribution >= 0.6 is 0 Å². The van der Waals surface area contributed by atoms with Crippen LogP contribution in [0.5, 0.6) is 0 Å². The lowest BCUT2D eigenvalue weighted by Gasteiger charge is -2.19. The highest BCUT2D eigenvalue weighted by atomic mass is 14.2. The summed E-state index contributed by atoms with van der Waals surface area (Å²) in [7, 11) is 0. The van der Waals surface area contributed by atoms with Gasteiger partial charge < -0.3 is 0 Å². The molecule has 0 saturated heterocycles. The summed E-state index contributed by atoms with van der Waals surface area (Å²) >= 11 is 0. The number of hydrogen-bond acceptors (Lipinski definition) is 0. The molecule has 0 aromatic carbocycles. The van der Waals surface area contributed by atoms with Crippen molar-refractivity contribution in [3.63, 3.8) is 0 Å². The van der Waals surface area contributed by atoms with Gasteiger partial charge >= 0.3 is 0 Å². The maximum Gasteiger partial charge on any atom is -0.0351 e. The van der Waals surface area contributed by atoms with E-state index < -0.39 is 0 Å². The summed E-state index contributed by atoms with van der Waals surface area (Å²) in [5.41, 5.74) is 0. The molecule has 0 nitrogen and oxygen atoms in total. The van der Waals surface area contributed by atoms with Crippen molar-refractivity contribution in [3.05, 3.63) is 12.7 Å². The summed E-state index contributed by atoms with van der Waals surface area (Å²) in [6, 6.07) is 0. The Balaban J connectivity index is 3.60. The van der Waals surface area contributed by atoms with Crippen molar-refractivity contribution in [3.8, 4) is 0 Å². The highest BCUT2D eigenvalue weighted by Crippen LogP contribution is 2.23. The predicted molar refractivity (Wildman–Crippen MR) is 61.9 cm³/mol. The van der Waals surface area contributed by atoms with Crippen molar-refractivity contribution in [1.29, 1.82) is 0 Å². The number of allylic oxidation sites excluding steroid dienone is 1. The molecule has 0 aliphatic rings. The maximum atomic E-state index is 3.79. The Kier molecular flexibility index (Phi) is 8.18. The van der Waals surface area contributed by atoms with Crippen molar-refractivity contribution in [2.75, 3.05) is 0 Å². The lowest BCUT2D eigenvalue weighted by Crippen LogP contribution is -2.08. The molecule has 0 saturated carbocycles. The molecule has 0 radical (unpaired) electrons. The van der Waals surface area contributed by atoms with Crippen LogP contribution in [0.2, 0.25) is 0 Å². The Morgan fingerprint density at radius 3 is 2.31 bits per heavy atom. The molecule has 13 heavy (non-hydrogen) atoms. The third-order valence-electron chi connectivity index (χ3n) is 2.86. The molecule has 0 fully saturated rings. The second-order valence-corrected chi connectivity index (χ2v) is 4.37. The molecule has 78 valence electrons. The predicted octanol–water partition coefficient (Wildman–Crippen LogP) is 4.81. The van der Waals surface area contributed by atoms with E-state index in [1.54, 1.807) is 0 Å². The summed E-state index contributed by atoms with van der Waals surface area (Å²) in [4.78, 5) is 0. The van der Waals surface area contributed by atoms with Gasteiger partial charge in [0.2, 0.25) is 0 Å². The number of unbranched alkanes of at least 4 members (excludes halogenated alkanes) is 2. The van der Waals surface area contributed by atoms with Crippen molar-refractivity contribution in [2.24, 2.45) is 11.8 Å². The van der Waals surface area contributed by atoms with E-state index in [0.29, 0.717) is 0 Å². The number of hydrogen-bond donors (Lipinski definition) is 0. The molecule has 1 unspecified atom stereocenters. The van der Waals surface area contributed by atoms with Crippen LogP contribution in [0.4, 0.5) is 0 Å². The normalized spacial score (nSPS) is 13.2. The summed E-state index contributed by atoms with van der Waals surface area (Å²) in [6.07, 6.45) is 10.1. The SMILES string of the molecule is C=CCCC(CCCCC)C(C)C. The zero-order valence-corrected chi connectivity index (χ0v) is 9.68. The summed E-state index contributed by atoms with van der Waals surface area (Å²) < 4.78 is 0. The van der Waals surface area contributed by atoms with E-state index in [1.807, 2.05) is 0 Å². The quantitative estimate of drug-likeness (QED) is 0.373. The summed E-state index contributed by atoms with van der Waals surface area (Å²) in [6.45, 7) is 10.8. The van der Waals surface area contributed by atoms with E-state index in [0.717, 1.165) is 11.8 Å². The largest absolute Gasteiger partial charge is 0.103 e. The van der Waals surface area contributed by atoms with Gasteiger partial charge in [-0.05, 0) is 24.7 Å². The number of rotatable bonds is 8. The standard InChI is InChI=1S/C13H26/c1-5-7-9-11-13(12(3)4)10-8-6-2/h6,12-13H,2,5,7-11H2,1,3-4H3. The fourth-order valence-corrected chi connectivity index (χ4v) is 1.80. The van der Waals surface area contributed by atoms with Gasteiger partial charge in [0.15, 0.2) is 0 Å². The van der Waals surface area contributed by atoms with E-state index in [9.17, 15) is 0 Å². The zero-order valence-electron chi connectivity index (χ0n) is 9.68. The van der Waals surface area contributed by atoms with E-state index in [4.69, 9.17) is 0 Å². The first-order valence-corrected chi connectivity index (χ1v) is 5.83.